The first-order valence-corrected chi connectivity index (χ1v) is 7.95. The first kappa shape index (κ1) is 15.8. The van der Waals surface area contributed by atoms with Gasteiger partial charge >= 0.3 is 0 Å². The minimum atomic E-state index is -0.284. The lowest BCUT2D eigenvalue weighted by molar-refractivity contribution is -0.117. The first-order chi connectivity index (χ1) is 10.1. The Morgan fingerprint density at radius 3 is 2.67 bits per heavy atom. The Hall–Kier alpha value is -1.55. The lowest BCUT2D eigenvalue weighted by Crippen LogP contribution is -2.39. The second-order valence-corrected chi connectivity index (χ2v) is 6.00. The van der Waals surface area contributed by atoms with Crippen molar-refractivity contribution in [2.45, 2.75) is 39.2 Å². The maximum atomic E-state index is 11.2. The summed E-state index contributed by atoms with van der Waals surface area (Å²) in [6.07, 6.45) is 2.77. The Balaban J connectivity index is 1.96. The van der Waals surface area contributed by atoms with Gasteiger partial charge in [0.2, 0.25) is 5.91 Å². The number of carbonyl (C=O) groups excluding carboxylic acids is 1. The van der Waals surface area contributed by atoms with Crippen LogP contribution in [0.3, 0.4) is 0 Å². The molecule has 0 saturated carbocycles. The molecule has 4 heteroatoms. The number of hydrogen-bond donors (Lipinski definition) is 2. The third-order valence-corrected chi connectivity index (χ3v) is 4.55. The van der Waals surface area contributed by atoms with E-state index in [-0.39, 0.29) is 5.91 Å². The van der Waals surface area contributed by atoms with Crippen LogP contribution in [-0.4, -0.2) is 36.5 Å². The predicted molar refractivity (Wildman–Crippen MR) is 87.3 cm³/mol. The lowest BCUT2D eigenvalue weighted by Gasteiger charge is -2.35. The van der Waals surface area contributed by atoms with E-state index in [9.17, 15) is 4.79 Å². The molecule has 2 rings (SSSR count). The smallest absolute Gasteiger partial charge is 0.221 e. The summed E-state index contributed by atoms with van der Waals surface area (Å²) in [4.78, 5) is 13.7. The van der Waals surface area contributed by atoms with Gasteiger partial charge in [-0.3, -0.25) is 4.79 Å². The van der Waals surface area contributed by atoms with Crippen molar-refractivity contribution < 1.29 is 4.79 Å². The van der Waals surface area contributed by atoms with Gasteiger partial charge in [-0.1, -0.05) is 25.1 Å². The van der Waals surface area contributed by atoms with Gasteiger partial charge in [-0.15, -0.1) is 0 Å². The maximum absolute atomic E-state index is 11.2. The molecule has 4 nitrogen and oxygen atoms in total. The summed E-state index contributed by atoms with van der Waals surface area (Å²) in [6.45, 7) is 8.00. The van der Waals surface area contributed by atoms with Crippen LogP contribution < -0.4 is 11.1 Å². The molecule has 0 radical (unpaired) electrons. The Labute approximate surface area is 127 Å². The van der Waals surface area contributed by atoms with Gasteiger partial charge in [-0.25, -0.2) is 0 Å². The Bertz CT molecular complexity index is 467. The topological polar surface area (TPSA) is 58.4 Å². The highest BCUT2D eigenvalue weighted by molar-refractivity contribution is 5.78. The average molecular weight is 289 g/mol. The van der Waals surface area contributed by atoms with E-state index in [1.54, 1.807) is 0 Å². The predicted octanol–water partition coefficient (Wildman–Crippen LogP) is 2.25. The number of rotatable bonds is 6. The van der Waals surface area contributed by atoms with Crippen molar-refractivity contribution in [1.29, 1.82) is 0 Å². The third-order valence-electron chi connectivity index (χ3n) is 4.55. The minimum absolute atomic E-state index is 0.284. The van der Waals surface area contributed by atoms with Gasteiger partial charge in [-0.05, 0) is 56.9 Å². The zero-order chi connectivity index (χ0) is 15.2. The standard InChI is InChI=1S/C17H27N3O/c1-3-20-10-8-14(9-11-20)13(2)19-16-7-5-4-6-15(16)12-17(18)21/h4-7,13-14,19H,3,8-12H2,1-2H3,(H2,18,21). The fourth-order valence-electron chi connectivity index (χ4n) is 3.14. The van der Waals surface area contributed by atoms with Crippen molar-refractivity contribution in [3.8, 4) is 0 Å². The van der Waals surface area contributed by atoms with E-state index >= 15 is 0 Å². The fraction of sp³-hybridized carbons (Fsp3) is 0.588. The van der Waals surface area contributed by atoms with E-state index < -0.39 is 0 Å². The molecule has 1 heterocycles. The molecule has 0 bridgehead atoms. The van der Waals surface area contributed by atoms with Crippen molar-refractivity contribution in [3.63, 3.8) is 0 Å². The Kier molecular flexibility index (Phi) is 5.62. The number of benzene rings is 1. The highest BCUT2D eigenvalue weighted by Crippen LogP contribution is 2.24. The van der Waals surface area contributed by atoms with Crippen LogP contribution in [0.25, 0.3) is 0 Å². The molecule has 0 aromatic heterocycles. The molecule has 1 saturated heterocycles. The lowest BCUT2D eigenvalue weighted by atomic mass is 9.90. The van der Waals surface area contributed by atoms with Gasteiger partial charge in [0.1, 0.15) is 0 Å². The molecule has 1 aliphatic rings. The van der Waals surface area contributed by atoms with E-state index in [4.69, 9.17) is 5.73 Å². The van der Waals surface area contributed by atoms with Crippen LogP contribution in [0.4, 0.5) is 5.69 Å². The number of nitrogens with one attached hydrogen (secondary N) is 1. The third kappa shape index (κ3) is 4.46. The Morgan fingerprint density at radius 2 is 2.05 bits per heavy atom. The minimum Gasteiger partial charge on any atom is -0.382 e. The summed E-state index contributed by atoms with van der Waals surface area (Å²) in [5.74, 6) is 0.405. The molecule has 1 aliphatic heterocycles. The quantitative estimate of drug-likeness (QED) is 0.844. The van der Waals surface area contributed by atoms with Gasteiger partial charge in [0, 0.05) is 11.7 Å². The first-order valence-electron chi connectivity index (χ1n) is 7.95. The summed E-state index contributed by atoms with van der Waals surface area (Å²) in [5, 5.41) is 3.59. The molecule has 3 N–H and O–H groups in total. The molecule has 1 aromatic carbocycles. The zero-order valence-corrected chi connectivity index (χ0v) is 13.1. The van der Waals surface area contributed by atoms with Crippen LogP contribution in [0.5, 0.6) is 0 Å². The van der Waals surface area contributed by atoms with Gasteiger partial charge in [0.05, 0.1) is 6.42 Å². The monoisotopic (exact) mass is 289 g/mol. The van der Waals surface area contributed by atoms with Crippen molar-refractivity contribution in [1.82, 2.24) is 4.90 Å². The van der Waals surface area contributed by atoms with E-state index in [0.29, 0.717) is 18.4 Å². The van der Waals surface area contributed by atoms with Crippen LogP contribution in [0.2, 0.25) is 0 Å². The largest absolute Gasteiger partial charge is 0.382 e. The molecule has 0 spiro atoms. The molecule has 1 unspecified atom stereocenters. The molecule has 0 aliphatic carbocycles. The Morgan fingerprint density at radius 1 is 1.38 bits per heavy atom. The van der Waals surface area contributed by atoms with Crippen molar-refractivity contribution in [2.24, 2.45) is 11.7 Å². The number of primary amides is 1. The van der Waals surface area contributed by atoms with Crippen molar-refractivity contribution in [3.05, 3.63) is 29.8 Å². The van der Waals surface area contributed by atoms with Gasteiger partial charge in [0.25, 0.3) is 0 Å². The van der Waals surface area contributed by atoms with Gasteiger partial charge < -0.3 is 16.0 Å². The van der Waals surface area contributed by atoms with E-state index in [1.165, 1.54) is 25.9 Å². The molecule has 1 aromatic rings. The van der Waals surface area contributed by atoms with E-state index in [0.717, 1.165) is 17.8 Å². The highest BCUT2D eigenvalue weighted by atomic mass is 16.1. The summed E-state index contributed by atoms with van der Waals surface area (Å²) in [5.41, 5.74) is 7.36. The molecule has 1 fully saturated rings. The number of nitrogens with zero attached hydrogens (tertiary/aromatic N) is 1. The van der Waals surface area contributed by atoms with Crippen LogP contribution in [-0.2, 0) is 11.2 Å². The molecule has 116 valence electrons. The number of para-hydroxylation sites is 1. The molecule has 21 heavy (non-hydrogen) atoms. The molecular weight excluding hydrogens is 262 g/mol. The number of amides is 1. The van der Waals surface area contributed by atoms with Crippen LogP contribution in [0, 0.1) is 5.92 Å². The molecular formula is C17H27N3O. The summed E-state index contributed by atoms with van der Waals surface area (Å²) in [7, 11) is 0. The number of piperidine rings is 1. The van der Waals surface area contributed by atoms with Gasteiger partial charge in [0.15, 0.2) is 0 Å². The summed E-state index contributed by atoms with van der Waals surface area (Å²) in [6, 6.07) is 8.38. The summed E-state index contributed by atoms with van der Waals surface area (Å²) >= 11 is 0. The van der Waals surface area contributed by atoms with Gasteiger partial charge in [-0.2, -0.15) is 0 Å². The summed E-state index contributed by atoms with van der Waals surface area (Å²) < 4.78 is 0. The second kappa shape index (κ2) is 7.46. The van der Waals surface area contributed by atoms with E-state index in [1.807, 2.05) is 24.3 Å². The zero-order valence-electron chi connectivity index (χ0n) is 13.1. The molecule has 1 amide bonds. The number of likely N-dealkylation sites (tertiary alicyclic amines) is 1. The second-order valence-electron chi connectivity index (χ2n) is 6.00. The SMILES string of the molecule is CCN1CCC(C(C)Nc2ccccc2CC(N)=O)CC1. The maximum Gasteiger partial charge on any atom is 0.221 e. The van der Waals surface area contributed by atoms with E-state index in [2.05, 4.69) is 24.1 Å². The van der Waals surface area contributed by atoms with Crippen LogP contribution >= 0.6 is 0 Å². The van der Waals surface area contributed by atoms with Crippen molar-refractivity contribution >= 4 is 11.6 Å². The highest BCUT2D eigenvalue weighted by Gasteiger charge is 2.23. The average Bonchev–Trinajstić information content (AvgIpc) is 2.49. The van der Waals surface area contributed by atoms with Crippen molar-refractivity contribution in [2.75, 3.05) is 25.0 Å². The number of carbonyl (C=O) groups is 1. The fourth-order valence-corrected chi connectivity index (χ4v) is 3.14. The van der Waals surface area contributed by atoms with Crippen LogP contribution in [0.1, 0.15) is 32.3 Å². The normalized spacial score (nSPS) is 18.4. The number of anilines is 1. The number of nitrogens with two attached hydrogens (primary N) is 1. The molecule has 1 atom stereocenters. The number of hydrogen-bond acceptors (Lipinski definition) is 3. The van der Waals surface area contributed by atoms with Crippen LogP contribution in [0.15, 0.2) is 24.3 Å².